The van der Waals surface area contributed by atoms with Crippen LogP contribution in [0.4, 0.5) is 18.9 Å². The van der Waals surface area contributed by atoms with E-state index in [1.54, 1.807) is 0 Å². The molecule has 0 atom stereocenters. The maximum Gasteiger partial charge on any atom is 0.416 e. The Morgan fingerprint density at radius 1 is 1.04 bits per heavy atom. The summed E-state index contributed by atoms with van der Waals surface area (Å²) in [5.74, 6) is -2.73. The Morgan fingerprint density at radius 2 is 1.71 bits per heavy atom. The van der Waals surface area contributed by atoms with Crippen molar-refractivity contribution in [3.63, 3.8) is 0 Å². The molecule has 0 fully saturated rings. The molecule has 0 heterocycles. The molecule has 2 rings (SSSR count). The van der Waals surface area contributed by atoms with Crippen LogP contribution in [-0.2, 0) is 15.8 Å². The number of benzene rings is 2. The molecule has 0 aromatic heterocycles. The van der Waals surface area contributed by atoms with Gasteiger partial charge in [-0.3, -0.25) is 4.79 Å². The third kappa shape index (κ3) is 4.39. The largest absolute Gasteiger partial charge is 0.419 e. The fourth-order valence-electron chi connectivity index (χ4n) is 1.68. The quantitative estimate of drug-likeness (QED) is 0.336. The molecule has 4 nitrogen and oxygen atoms in total. The maximum absolute atomic E-state index is 12.7. The predicted molar refractivity (Wildman–Crippen MR) is 81.9 cm³/mol. The molecule has 0 aliphatic carbocycles. The zero-order valence-electron chi connectivity index (χ0n) is 11.7. The number of amides is 1. The number of esters is 1. The van der Waals surface area contributed by atoms with Crippen molar-refractivity contribution in [2.45, 2.75) is 6.18 Å². The standard InChI is InChI=1S/C15H8Cl2F3NO3/c16-10-4-2-6-12(8-10)24-14(23)13(22)21(17)11-5-1-3-9(7-11)15(18,19)20/h1-8H. The van der Waals surface area contributed by atoms with Crippen molar-refractivity contribution < 1.29 is 27.5 Å². The highest BCUT2D eigenvalue weighted by atomic mass is 35.5. The number of nitrogens with zero attached hydrogens (tertiary/aromatic N) is 1. The minimum atomic E-state index is -4.61. The third-order valence-electron chi connectivity index (χ3n) is 2.76. The van der Waals surface area contributed by atoms with E-state index in [-0.39, 0.29) is 20.9 Å². The molecular weight excluding hydrogens is 370 g/mol. The highest BCUT2D eigenvalue weighted by Crippen LogP contribution is 2.32. The topological polar surface area (TPSA) is 46.6 Å². The average Bonchev–Trinajstić information content (AvgIpc) is 2.52. The van der Waals surface area contributed by atoms with E-state index in [1.807, 2.05) is 0 Å². The van der Waals surface area contributed by atoms with E-state index < -0.39 is 23.6 Å². The first-order valence-electron chi connectivity index (χ1n) is 6.33. The van der Waals surface area contributed by atoms with Crippen LogP contribution in [0.5, 0.6) is 5.75 Å². The van der Waals surface area contributed by atoms with Gasteiger partial charge in [0.2, 0.25) is 0 Å². The van der Waals surface area contributed by atoms with Gasteiger partial charge >= 0.3 is 18.1 Å². The van der Waals surface area contributed by atoms with Crippen LogP contribution in [0, 0.1) is 0 Å². The highest BCUT2D eigenvalue weighted by molar-refractivity contribution is 6.51. The van der Waals surface area contributed by atoms with Gasteiger partial charge in [0.15, 0.2) is 0 Å². The van der Waals surface area contributed by atoms with Gasteiger partial charge in [-0.1, -0.05) is 23.7 Å². The molecule has 9 heteroatoms. The minimum absolute atomic E-state index is 0.00467. The molecule has 0 N–H and O–H groups in total. The van der Waals surface area contributed by atoms with Crippen molar-refractivity contribution in [1.82, 2.24) is 0 Å². The van der Waals surface area contributed by atoms with Crippen molar-refractivity contribution in [2.24, 2.45) is 0 Å². The lowest BCUT2D eigenvalue weighted by molar-refractivity contribution is -0.146. The van der Waals surface area contributed by atoms with Gasteiger partial charge < -0.3 is 4.74 Å². The second-order valence-corrected chi connectivity index (χ2v) is 5.26. The number of ether oxygens (including phenoxy) is 1. The van der Waals surface area contributed by atoms with Crippen molar-refractivity contribution in [1.29, 1.82) is 0 Å². The molecule has 126 valence electrons. The fraction of sp³-hybridized carbons (Fsp3) is 0.0667. The zero-order valence-corrected chi connectivity index (χ0v) is 13.2. The summed E-state index contributed by atoms with van der Waals surface area (Å²) < 4.78 is 43.0. The van der Waals surface area contributed by atoms with E-state index in [0.717, 1.165) is 18.2 Å². The van der Waals surface area contributed by atoms with Crippen molar-refractivity contribution >= 4 is 40.9 Å². The molecule has 1 amide bonds. The molecule has 0 unspecified atom stereocenters. The molecule has 0 radical (unpaired) electrons. The van der Waals surface area contributed by atoms with Crippen molar-refractivity contribution in [3.05, 3.63) is 59.1 Å². The van der Waals surface area contributed by atoms with Crippen LogP contribution in [0.3, 0.4) is 0 Å². The van der Waals surface area contributed by atoms with Gasteiger partial charge in [-0.25, -0.2) is 9.21 Å². The molecule has 2 aromatic rings. The summed E-state index contributed by atoms with van der Waals surface area (Å²) in [5.41, 5.74) is -1.33. The first-order chi connectivity index (χ1) is 11.2. The third-order valence-corrected chi connectivity index (χ3v) is 3.34. The summed E-state index contributed by atoms with van der Waals surface area (Å²) in [4.78, 5) is 23.7. The molecule has 0 saturated heterocycles. The van der Waals surface area contributed by atoms with Gasteiger partial charge in [-0.2, -0.15) is 13.2 Å². The lowest BCUT2D eigenvalue weighted by Gasteiger charge is -2.15. The molecule has 2 aromatic carbocycles. The number of halogens is 5. The summed E-state index contributed by atoms with van der Waals surface area (Å²) in [6.45, 7) is 0. The van der Waals surface area contributed by atoms with E-state index in [0.29, 0.717) is 6.07 Å². The Hall–Kier alpha value is -2.25. The minimum Gasteiger partial charge on any atom is -0.419 e. The van der Waals surface area contributed by atoms with E-state index in [2.05, 4.69) is 0 Å². The summed E-state index contributed by atoms with van der Waals surface area (Å²) >= 11 is 11.4. The average molecular weight is 378 g/mol. The second kappa shape index (κ2) is 7.11. The Kier molecular flexibility index (Phi) is 5.36. The monoisotopic (exact) mass is 377 g/mol. The summed E-state index contributed by atoms with van der Waals surface area (Å²) in [7, 11) is 0. The Morgan fingerprint density at radius 3 is 2.33 bits per heavy atom. The number of anilines is 1. The first kappa shape index (κ1) is 18.1. The molecular formula is C15H8Cl2F3NO3. The van der Waals surface area contributed by atoms with Gasteiger partial charge in [0.25, 0.3) is 0 Å². The molecule has 24 heavy (non-hydrogen) atoms. The Bertz CT molecular complexity index is 781. The van der Waals surface area contributed by atoms with Crippen molar-refractivity contribution in [3.8, 4) is 5.75 Å². The lowest BCUT2D eigenvalue weighted by Crippen LogP contribution is -2.32. The van der Waals surface area contributed by atoms with Crippen LogP contribution in [-0.4, -0.2) is 11.9 Å². The normalized spacial score (nSPS) is 11.0. The van der Waals surface area contributed by atoms with Crippen LogP contribution < -0.4 is 9.16 Å². The number of hydrogen-bond donors (Lipinski definition) is 0. The Labute approximate surface area is 144 Å². The van der Waals surface area contributed by atoms with Crippen LogP contribution in [0.1, 0.15) is 5.56 Å². The van der Waals surface area contributed by atoms with Crippen LogP contribution in [0.15, 0.2) is 48.5 Å². The number of hydrogen-bond acceptors (Lipinski definition) is 3. The summed E-state index contributed by atoms with van der Waals surface area (Å²) in [6, 6.07) is 9.32. The summed E-state index contributed by atoms with van der Waals surface area (Å²) in [5, 5.41) is 0.272. The van der Waals surface area contributed by atoms with Gasteiger partial charge in [0.05, 0.1) is 11.3 Å². The van der Waals surface area contributed by atoms with Crippen LogP contribution in [0.25, 0.3) is 0 Å². The first-order valence-corrected chi connectivity index (χ1v) is 7.05. The van der Waals surface area contributed by atoms with E-state index in [9.17, 15) is 22.8 Å². The smallest absolute Gasteiger partial charge is 0.416 e. The van der Waals surface area contributed by atoms with E-state index in [4.69, 9.17) is 28.1 Å². The van der Waals surface area contributed by atoms with Crippen molar-refractivity contribution in [2.75, 3.05) is 4.42 Å². The van der Waals surface area contributed by atoms with Gasteiger partial charge in [0, 0.05) is 16.8 Å². The number of carbonyl (C=O) groups is 2. The van der Waals surface area contributed by atoms with Gasteiger partial charge in [-0.15, -0.1) is 0 Å². The molecule has 0 spiro atoms. The molecule has 0 saturated carbocycles. The summed E-state index contributed by atoms with van der Waals surface area (Å²) in [6.07, 6.45) is -4.61. The molecule has 0 bridgehead atoms. The van der Waals surface area contributed by atoms with E-state index >= 15 is 0 Å². The van der Waals surface area contributed by atoms with Crippen LogP contribution in [0.2, 0.25) is 5.02 Å². The Balaban J connectivity index is 2.15. The fourth-order valence-corrected chi connectivity index (χ4v) is 2.04. The lowest BCUT2D eigenvalue weighted by atomic mass is 10.2. The maximum atomic E-state index is 12.7. The van der Waals surface area contributed by atoms with Gasteiger partial charge in [-0.05, 0) is 36.4 Å². The SMILES string of the molecule is O=C(Oc1cccc(Cl)c1)C(=O)N(Cl)c1cccc(C(F)(F)F)c1. The number of rotatable bonds is 2. The highest BCUT2D eigenvalue weighted by Gasteiger charge is 2.32. The van der Waals surface area contributed by atoms with E-state index in [1.165, 1.54) is 24.3 Å². The number of carbonyl (C=O) groups excluding carboxylic acids is 2. The molecule has 0 aliphatic rings. The molecule has 0 aliphatic heterocycles. The van der Waals surface area contributed by atoms with Gasteiger partial charge in [0.1, 0.15) is 5.75 Å². The second-order valence-electron chi connectivity index (χ2n) is 4.48. The number of alkyl halides is 3. The predicted octanol–water partition coefficient (Wildman–Crippen LogP) is 4.45. The zero-order chi connectivity index (χ0) is 17.9. The van der Waals surface area contributed by atoms with Crippen LogP contribution >= 0.6 is 23.4 Å².